The summed E-state index contributed by atoms with van der Waals surface area (Å²) >= 11 is 1.52. The predicted octanol–water partition coefficient (Wildman–Crippen LogP) is 1.84. The second kappa shape index (κ2) is 7.77. The van der Waals surface area contributed by atoms with Gasteiger partial charge in [-0.3, -0.25) is 4.79 Å². The molecule has 0 aliphatic heterocycles. The molecule has 1 aromatic heterocycles. The molecule has 1 amide bonds. The van der Waals surface area contributed by atoms with Crippen molar-refractivity contribution in [2.45, 2.75) is 12.8 Å². The van der Waals surface area contributed by atoms with E-state index >= 15 is 0 Å². The van der Waals surface area contributed by atoms with Crippen LogP contribution in [0, 0.1) is 0 Å². The number of hydrogen-bond acceptors (Lipinski definition) is 6. The quantitative estimate of drug-likeness (QED) is 0.812. The van der Waals surface area contributed by atoms with Crippen LogP contribution in [-0.4, -0.2) is 31.7 Å². The van der Waals surface area contributed by atoms with Crippen LogP contribution in [0.4, 0.5) is 5.69 Å². The lowest BCUT2D eigenvalue weighted by Crippen LogP contribution is -2.15. The van der Waals surface area contributed by atoms with E-state index in [0.717, 1.165) is 17.1 Å². The first kappa shape index (κ1) is 16.3. The molecule has 1 heterocycles. The lowest BCUT2D eigenvalue weighted by Gasteiger charge is -2.11. The first-order valence-electron chi connectivity index (χ1n) is 6.81. The van der Waals surface area contributed by atoms with Crippen molar-refractivity contribution >= 4 is 22.9 Å². The maximum atomic E-state index is 12.1. The highest BCUT2D eigenvalue weighted by molar-refractivity contribution is 7.09. The monoisotopic (exact) mass is 321 g/mol. The fourth-order valence-corrected chi connectivity index (χ4v) is 2.75. The zero-order valence-corrected chi connectivity index (χ0v) is 13.4. The molecule has 0 aliphatic carbocycles. The first-order valence-corrected chi connectivity index (χ1v) is 7.69. The van der Waals surface area contributed by atoms with E-state index in [1.54, 1.807) is 32.4 Å². The summed E-state index contributed by atoms with van der Waals surface area (Å²) in [6.45, 7) is 0.556. The number of anilines is 1. The molecule has 3 N–H and O–H groups in total. The standard InChI is InChI=1S/C15H19N3O3S/c1-20-11-3-4-13(21-2)12(8-11)18-14(19)7-10-9-22-15(17-10)5-6-16/h3-4,8-9H,5-7,16H2,1-2H3,(H,18,19). The largest absolute Gasteiger partial charge is 0.497 e. The number of amides is 1. The number of nitrogens with two attached hydrogens (primary N) is 1. The third-order valence-electron chi connectivity index (χ3n) is 2.98. The highest BCUT2D eigenvalue weighted by Gasteiger charge is 2.11. The van der Waals surface area contributed by atoms with Gasteiger partial charge in [0, 0.05) is 17.9 Å². The van der Waals surface area contributed by atoms with Crippen molar-refractivity contribution in [2.24, 2.45) is 5.73 Å². The Bertz CT molecular complexity index is 643. The van der Waals surface area contributed by atoms with Gasteiger partial charge in [-0.05, 0) is 18.7 Å². The Morgan fingerprint density at radius 2 is 2.18 bits per heavy atom. The van der Waals surface area contributed by atoms with Crippen molar-refractivity contribution in [1.29, 1.82) is 0 Å². The van der Waals surface area contributed by atoms with Crippen molar-refractivity contribution < 1.29 is 14.3 Å². The van der Waals surface area contributed by atoms with Gasteiger partial charge in [0.25, 0.3) is 0 Å². The van der Waals surface area contributed by atoms with Gasteiger partial charge in [-0.15, -0.1) is 11.3 Å². The average molecular weight is 321 g/mol. The molecule has 0 spiro atoms. The van der Waals surface area contributed by atoms with Gasteiger partial charge in [-0.1, -0.05) is 0 Å². The molecular weight excluding hydrogens is 302 g/mol. The van der Waals surface area contributed by atoms with E-state index in [1.165, 1.54) is 11.3 Å². The lowest BCUT2D eigenvalue weighted by atomic mass is 10.2. The number of ether oxygens (including phenoxy) is 2. The highest BCUT2D eigenvalue weighted by atomic mass is 32.1. The number of aromatic nitrogens is 1. The number of nitrogens with one attached hydrogen (secondary N) is 1. The van der Waals surface area contributed by atoms with Gasteiger partial charge in [-0.25, -0.2) is 4.98 Å². The third kappa shape index (κ3) is 4.19. The van der Waals surface area contributed by atoms with E-state index in [1.807, 2.05) is 5.38 Å². The average Bonchev–Trinajstić information content (AvgIpc) is 2.94. The number of hydrogen-bond donors (Lipinski definition) is 2. The van der Waals surface area contributed by atoms with Gasteiger partial charge in [0.2, 0.25) is 5.91 Å². The highest BCUT2D eigenvalue weighted by Crippen LogP contribution is 2.29. The van der Waals surface area contributed by atoms with E-state index in [-0.39, 0.29) is 12.3 Å². The number of methoxy groups -OCH3 is 2. The van der Waals surface area contributed by atoms with Crippen molar-refractivity contribution in [2.75, 3.05) is 26.1 Å². The Balaban J connectivity index is 2.04. The Labute approximate surface area is 133 Å². The van der Waals surface area contributed by atoms with Gasteiger partial charge in [0.1, 0.15) is 11.5 Å². The van der Waals surface area contributed by atoms with E-state index < -0.39 is 0 Å². The fourth-order valence-electron chi connectivity index (χ4n) is 1.94. The zero-order chi connectivity index (χ0) is 15.9. The van der Waals surface area contributed by atoms with Gasteiger partial charge < -0.3 is 20.5 Å². The fraction of sp³-hybridized carbons (Fsp3) is 0.333. The lowest BCUT2D eigenvalue weighted by molar-refractivity contribution is -0.115. The minimum Gasteiger partial charge on any atom is -0.497 e. The van der Waals surface area contributed by atoms with Crippen molar-refractivity contribution in [3.8, 4) is 11.5 Å². The van der Waals surface area contributed by atoms with Crippen molar-refractivity contribution in [1.82, 2.24) is 4.98 Å². The van der Waals surface area contributed by atoms with Crippen LogP contribution in [0.2, 0.25) is 0 Å². The molecule has 22 heavy (non-hydrogen) atoms. The zero-order valence-electron chi connectivity index (χ0n) is 12.6. The van der Waals surface area contributed by atoms with Crippen LogP contribution in [-0.2, 0) is 17.6 Å². The van der Waals surface area contributed by atoms with Crippen LogP contribution in [0.5, 0.6) is 11.5 Å². The summed E-state index contributed by atoms with van der Waals surface area (Å²) in [4.78, 5) is 16.5. The summed E-state index contributed by atoms with van der Waals surface area (Å²) in [5, 5.41) is 5.65. The van der Waals surface area contributed by atoms with Gasteiger partial charge in [0.05, 0.1) is 37.0 Å². The number of benzene rings is 1. The Hall–Kier alpha value is -2.12. The van der Waals surface area contributed by atoms with Gasteiger partial charge in [0.15, 0.2) is 0 Å². The maximum absolute atomic E-state index is 12.1. The minimum atomic E-state index is -0.156. The second-order valence-corrected chi connectivity index (χ2v) is 5.51. The molecule has 0 radical (unpaired) electrons. The Morgan fingerprint density at radius 1 is 1.36 bits per heavy atom. The molecule has 2 rings (SSSR count). The number of rotatable bonds is 7. The van der Waals surface area contributed by atoms with E-state index in [4.69, 9.17) is 15.2 Å². The molecule has 0 saturated heterocycles. The number of nitrogens with zero attached hydrogens (tertiary/aromatic N) is 1. The second-order valence-electron chi connectivity index (χ2n) is 4.56. The molecule has 1 aromatic carbocycles. The Kier molecular flexibility index (Phi) is 5.74. The van der Waals surface area contributed by atoms with Crippen molar-refractivity contribution in [3.63, 3.8) is 0 Å². The molecule has 0 aliphatic rings. The molecule has 0 atom stereocenters. The van der Waals surface area contributed by atoms with Gasteiger partial charge >= 0.3 is 0 Å². The molecule has 0 bridgehead atoms. The summed E-state index contributed by atoms with van der Waals surface area (Å²) in [5.74, 6) is 1.07. The van der Waals surface area contributed by atoms with Crippen LogP contribution < -0.4 is 20.5 Å². The molecule has 2 aromatic rings. The van der Waals surface area contributed by atoms with E-state index in [9.17, 15) is 4.79 Å². The van der Waals surface area contributed by atoms with Crippen LogP contribution in [0.25, 0.3) is 0 Å². The minimum absolute atomic E-state index is 0.156. The molecule has 7 heteroatoms. The predicted molar refractivity (Wildman–Crippen MR) is 86.8 cm³/mol. The van der Waals surface area contributed by atoms with Crippen molar-refractivity contribution in [3.05, 3.63) is 34.3 Å². The summed E-state index contributed by atoms with van der Waals surface area (Å²) in [5.41, 5.74) is 6.81. The van der Waals surface area contributed by atoms with Crippen LogP contribution in [0.15, 0.2) is 23.6 Å². The molecular formula is C15H19N3O3S. The first-order chi connectivity index (χ1) is 10.7. The number of carbonyl (C=O) groups excluding carboxylic acids is 1. The normalized spacial score (nSPS) is 10.3. The van der Waals surface area contributed by atoms with E-state index in [2.05, 4.69) is 10.3 Å². The van der Waals surface area contributed by atoms with E-state index in [0.29, 0.717) is 23.7 Å². The Morgan fingerprint density at radius 3 is 2.86 bits per heavy atom. The SMILES string of the molecule is COc1ccc(OC)c(NC(=O)Cc2csc(CCN)n2)c1. The summed E-state index contributed by atoms with van der Waals surface area (Å²) in [7, 11) is 3.12. The van der Waals surface area contributed by atoms with Crippen LogP contribution in [0.3, 0.4) is 0 Å². The van der Waals surface area contributed by atoms with Gasteiger partial charge in [-0.2, -0.15) is 0 Å². The maximum Gasteiger partial charge on any atom is 0.230 e. The topological polar surface area (TPSA) is 86.5 Å². The molecule has 0 unspecified atom stereocenters. The molecule has 118 valence electrons. The summed E-state index contributed by atoms with van der Waals surface area (Å²) in [6.07, 6.45) is 0.942. The third-order valence-corrected chi connectivity index (χ3v) is 3.94. The molecule has 0 saturated carbocycles. The van der Waals surface area contributed by atoms with Crippen LogP contribution >= 0.6 is 11.3 Å². The summed E-state index contributed by atoms with van der Waals surface area (Å²) in [6, 6.07) is 5.24. The molecule has 6 nitrogen and oxygen atoms in total. The smallest absolute Gasteiger partial charge is 0.230 e. The van der Waals surface area contributed by atoms with Crippen LogP contribution in [0.1, 0.15) is 10.7 Å². The number of thiazole rings is 1. The molecule has 0 fully saturated rings. The summed E-state index contributed by atoms with van der Waals surface area (Å²) < 4.78 is 10.4. The number of carbonyl (C=O) groups is 1.